The monoisotopic (exact) mass is 248 g/mol. The molecule has 1 N–H and O–H groups in total. The van der Waals surface area contributed by atoms with Crippen molar-refractivity contribution < 1.29 is 9.84 Å². The smallest absolute Gasteiger partial charge is 0.0737 e. The molecule has 2 atom stereocenters. The average molecular weight is 248 g/mol. The van der Waals surface area contributed by atoms with Crippen molar-refractivity contribution in [3.05, 3.63) is 34.9 Å². The minimum atomic E-state index is -0.617. The van der Waals surface area contributed by atoms with E-state index in [1.54, 1.807) is 0 Å². The molecule has 2 rings (SSSR count). The summed E-state index contributed by atoms with van der Waals surface area (Å²) in [6.07, 6.45) is 2.48. The molecule has 0 aliphatic carbocycles. The molecular formula is C16H24O2. The summed E-state index contributed by atoms with van der Waals surface area (Å²) in [7, 11) is 0. The molecule has 0 radical (unpaired) electrons. The largest absolute Gasteiger partial charge is 0.389 e. The van der Waals surface area contributed by atoms with Gasteiger partial charge in [0.2, 0.25) is 0 Å². The van der Waals surface area contributed by atoms with Crippen LogP contribution < -0.4 is 0 Å². The fraction of sp³-hybridized carbons (Fsp3) is 0.625. The van der Waals surface area contributed by atoms with Crippen molar-refractivity contribution in [1.82, 2.24) is 0 Å². The lowest BCUT2D eigenvalue weighted by atomic mass is 9.80. The highest BCUT2D eigenvalue weighted by atomic mass is 16.5. The van der Waals surface area contributed by atoms with Crippen LogP contribution in [0.3, 0.4) is 0 Å². The van der Waals surface area contributed by atoms with Crippen LogP contribution in [0.25, 0.3) is 0 Å². The summed E-state index contributed by atoms with van der Waals surface area (Å²) in [6, 6.07) is 6.32. The normalized spacial score (nSPS) is 32.5. The van der Waals surface area contributed by atoms with Gasteiger partial charge in [-0.1, -0.05) is 18.2 Å². The van der Waals surface area contributed by atoms with Gasteiger partial charge in [-0.05, 0) is 44.4 Å². The van der Waals surface area contributed by atoms with Gasteiger partial charge in [0.25, 0.3) is 0 Å². The number of hydrogen-bond donors (Lipinski definition) is 1. The lowest BCUT2D eigenvalue weighted by Gasteiger charge is -2.39. The predicted molar refractivity (Wildman–Crippen MR) is 73.8 cm³/mol. The molecule has 2 nitrogen and oxygen atoms in total. The number of aliphatic hydroxyl groups is 1. The third kappa shape index (κ3) is 2.93. The summed E-state index contributed by atoms with van der Waals surface area (Å²) < 4.78 is 5.72. The molecular weight excluding hydrogens is 224 g/mol. The van der Waals surface area contributed by atoms with Gasteiger partial charge >= 0.3 is 0 Å². The Bertz CT molecular complexity index is 395. The van der Waals surface area contributed by atoms with Gasteiger partial charge in [-0.3, -0.25) is 0 Å². The lowest BCUT2D eigenvalue weighted by Crippen LogP contribution is -2.45. The van der Waals surface area contributed by atoms with Crippen LogP contribution in [0.2, 0.25) is 0 Å². The van der Waals surface area contributed by atoms with Gasteiger partial charge in [-0.2, -0.15) is 0 Å². The lowest BCUT2D eigenvalue weighted by molar-refractivity contribution is -0.130. The van der Waals surface area contributed by atoms with Crippen LogP contribution in [0.15, 0.2) is 18.2 Å². The summed E-state index contributed by atoms with van der Waals surface area (Å²) in [5.41, 5.74) is 3.22. The molecule has 18 heavy (non-hydrogen) atoms. The first-order valence-corrected chi connectivity index (χ1v) is 6.82. The van der Waals surface area contributed by atoms with Crippen LogP contribution in [-0.4, -0.2) is 22.9 Å². The van der Waals surface area contributed by atoms with Gasteiger partial charge in [0.05, 0.1) is 17.8 Å². The van der Waals surface area contributed by atoms with Gasteiger partial charge in [0.15, 0.2) is 0 Å². The Morgan fingerprint density at radius 1 is 1.17 bits per heavy atom. The maximum absolute atomic E-state index is 10.8. The standard InChI is InChI=1S/C16H24O2/c1-11-6-5-7-12(2)15(11)10-16(17)8-13(3)18-14(4)9-16/h5-7,13-14,17H,8-10H2,1-4H3. The van der Waals surface area contributed by atoms with Crippen LogP contribution in [0.1, 0.15) is 43.4 Å². The van der Waals surface area contributed by atoms with Gasteiger partial charge < -0.3 is 9.84 Å². The van der Waals surface area contributed by atoms with Crippen molar-refractivity contribution >= 4 is 0 Å². The molecule has 0 amide bonds. The highest BCUT2D eigenvalue weighted by Crippen LogP contribution is 2.33. The first-order chi connectivity index (χ1) is 8.39. The molecule has 0 saturated carbocycles. The highest BCUT2D eigenvalue weighted by molar-refractivity contribution is 5.34. The molecule has 1 fully saturated rings. The van der Waals surface area contributed by atoms with E-state index in [0.29, 0.717) is 0 Å². The van der Waals surface area contributed by atoms with E-state index < -0.39 is 5.60 Å². The molecule has 0 bridgehead atoms. The molecule has 1 aliphatic rings. The Kier molecular flexibility index (Phi) is 3.79. The van der Waals surface area contributed by atoms with Crippen molar-refractivity contribution in [2.24, 2.45) is 0 Å². The molecule has 1 aliphatic heterocycles. The molecule has 100 valence electrons. The summed E-state index contributed by atoms with van der Waals surface area (Å²) in [5.74, 6) is 0. The SMILES string of the molecule is Cc1cccc(C)c1CC1(O)CC(C)OC(C)C1. The van der Waals surface area contributed by atoms with E-state index in [-0.39, 0.29) is 12.2 Å². The van der Waals surface area contributed by atoms with Crippen molar-refractivity contribution in [2.75, 3.05) is 0 Å². The second-order valence-electron chi connectivity index (χ2n) is 5.94. The minimum absolute atomic E-state index is 0.142. The molecule has 2 unspecified atom stereocenters. The second kappa shape index (κ2) is 5.02. The van der Waals surface area contributed by atoms with E-state index in [2.05, 4.69) is 32.0 Å². The van der Waals surface area contributed by atoms with Gasteiger partial charge in [-0.15, -0.1) is 0 Å². The summed E-state index contributed by atoms with van der Waals surface area (Å²) >= 11 is 0. The van der Waals surface area contributed by atoms with Crippen molar-refractivity contribution in [2.45, 2.75) is 64.8 Å². The molecule has 1 heterocycles. The maximum atomic E-state index is 10.8. The van der Waals surface area contributed by atoms with Crippen molar-refractivity contribution in [3.8, 4) is 0 Å². The summed E-state index contributed by atoms with van der Waals surface area (Å²) in [6.45, 7) is 8.34. The zero-order valence-electron chi connectivity index (χ0n) is 11.9. The topological polar surface area (TPSA) is 29.5 Å². The predicted octanol–water partition coefficient (Wildman–Crippen LogP) is 3.16. The van der Waals surface area contributed by atoms with Gasteiger partial charge in [0.1, 0.15) is 0 Å². The van der Waals surface area contributed by atoms with E-state index >= 15 is 0 Å². The maximum Gasteiger partial charge on any atom is 0.0737 e. The van der Waals surface area contributed by atoms with Crippen LogP contribution in [0, 0.1) is 13.8 Å². The highest BCUT2D eigenvalue weighted by Gasteiger charge is 2.37. The van der Waals surface area contributed by atoms with E-state index in [9.17, 15) is 5.11 Å². The molecule has 0 spiro atoms. The molecule has 1 aromatic carbocycles. The zero-order valence-corrected chi connectivity index (χ0v) is 11.9. The Balaban J connectivity index is 2.22. The van der Waals surface area contributed by atoms with Crippen LogP contribution in [-0.2, 0) is 11.2 Å². The molecule has 2 heteroatoms. The second-order valence-corrected chi connectivity index (χ2v) is 5.94. The average Bonchev–Trinajstić information content (AvgIpc) is 2.21. The van der Waals surface area contributed by atoms with Crippen LogP contribution in [0.5, 0.6) is 0 Å². The number of aryl methyl sites for hydroxylation is 2. The Morgan fingerprint density at radius 2 is 1.67 bits per heavy atom. The van der Waals surface area contributed by atoms with Crippen molar-refractivity contribution in [1.29, 1.82) is 0 Å². The zero-order chi connectivity index (χ0) is 13.3. The van der Waals surface area contributed by atoms with Crippen LogP contribution in [0.4, 0.5) is 0 Å². The Hall–Kier alpha value is -0.860. The molecule has 1 saturated heterocycles. The third-order valence-electron chi connectivity index (χ3n) is 3.95. The number of benzene rings is 1. The van der Waals surface area contributed by atoms with Crippen LogP contribution >= 0.6 is 0 Å². The molecule has 1 aromatic rings. The quantitative estimate of drug-likeness (QED) is 0.871. The number of hydrogen-bond acceptors (Lipinski definition) is 2. The summed E-state index contributed by atoms with van der Waals surface area (Å²) in [4.78, 5) is 0. The fourth-order valence-corrected chi connectivity index (χ4v) is 3.25. The molecule has 0 aromatic heterocycles. The van der Waals surface area contributed by atoms with E-state index in [1.165, 1.54) is 16.7 Å². The minimum Gasteiger partial charge on any atom is -0.389 e. The number of rotatable bonds is 2. The third-order valence-corrected chi connectivity index (χ3v) is 3.95. The Morgan fingerprint density at radius 3 is 2.17 bits per heavy atom. The van der Waals surface area contributed by atoms with E-state index in [4.69, 9.17) is 4.74 Å². The van der Waals surface area contributed by atoms with E-state index in [0.717, 1.165) is 19.3 Å². The van der Waals surface area contributed by atoms with Gasteiger partial charge in [-0.25, -0.2) is 0 Å². The Labute approximate surface area is 110 Å². The van der Waals surface area contributed by atoms with Gasteiger partial charge in [0, 0.05) is 19.3 Å². The van der Waals surface area contributed by atoms with Crippen molar-refractivity contribution in [3.63, 3.8) is 0 Å². The first-order valence-electron chi connectivity index (χ1n) is 6.82. The number of ether oxygens (including phenoxy) is 1. The summed E-state index contributed by atoms with van der Waals surface area (Å²) in [5, 5.41) is 10.8. The van der Waals surface area contributed by atoms with E-state index in [1.807, 2.05) is 13.8 Å². The first kappa shape index (κ1) is 13.6. The fourth-order valence-electron chi connectivity index (χ4n) is 3.25.